The van der Waals surface area contributed by atoms with Gasteiger partial charge in [-0.25, -0.2) is 17.9 Å². The Morgan fingerprint density at radius 3 is 2.70 bits per heavy atom. The Kier molecular flexibility index (Phi) is 8.41. The van der Waals surface area contributed by atoms with Crippen LogP contribution in [0.2, 0.25) is 0 Å². The van der Waals surface area contributed by atoms with Crippen LogP contribution in [0.15, 0.2) is 47.7 Å². The maximum atomic E-state index is 12.9. The number of aliphatic carboxylic acids is 1. The molecule has 3 atom stereocenters. The first-order valence-corrected chi connectivity index (χ1v) is 16.4. The van der Waals surface area contributed by atoms with Gasteiger partial charge in [-0.3, -0.25) is 4.98 Å². The molecule has 0 amide bonds. The maximum Gasteiger partial charge on any atom is 0.337 e. The summed E-state index contributed by atoms with van der Waals surface area (Å²) in [7, 11) is -3.71. The number of aromatic nitrogens is 1. The summed E-state index contributed by atoms with van der Waals surface area (Å²) in [6.07, 6.45) is 7.76. The van der Waals surface area contributed by atoms with Gasteiger partial charge in [0.1, 0.15) is 5.75 Å². The fourth-order valence-electron chi connectivity index (χ4n) is 6.13. The lowest BCUT2D eigenvalue weighted by Crippen LogP contribution is -2.47. The third-order valence-corrected chi connectivity index (χ3v) is 8.52. The summed E-state index contributed by atoms with van der Waals surface area (Å²) in [6, 6.07) is 7.09. The molecule has 5 rings (SSSR count). The van der Waals surface area contributed by atoms with Gasteiger partial charge >= 0.3 is 5.97 Å². The Balaban J connectivity index is 1.83. The molecule has 2 aromatic rings. The van der Waals surface area contributed by atoms with Gasteiger partial charge in [-0.2, -0.15) is 0 Å². The summed E-state index contributed by atoms with van der Waals surface area (Å²) >= 11 is 0. The first-order chi connectivity index (χ1) is 20.2. The van der Waals surface area contributed by atoms with Crippen LogP contribution in [0.3, 0.4) is 0 Å². The van der Waals surface area contributed by atoms with Crippen molar-refractivity contribution in [2.24, 2.45) is 5.92 Å². The molecule has 0 radical (unpaired) electrons. The summed E-state index contributed by atoms with van der Waals surface area (Å²) in [4.78, 5) is 17.6. The molecule has 2 aliphatic carbocycles. The second kappa shape index (κ2) is 11.8. The first-order valence-electron chi connectivity index (χ1n) is 14.5. The molecule has 8 nitrogen and oxygen atoms in total. The van der Waals surface area contributed by atoms with Gasteiger partial charge in [0.25, 0.3) is 0 Å². The average Bonchev–Trinajstić information content (AvgIpc) is 3.17. The zero-order chi connectivity index (χ0) is 31.1. The lowest BCUT2D eigenvalue weighted by molar-refractivity contribution is -0.156. The number of rotatable bonds is 7. The fourth-order valence-corrected chi connectivity index (χ4v) is 6.91. The number of carbonyl (C=O) groups is 1. The van der Waals surface area contributed by atoms with Crippen molar-refractivity contribution in [2.45, 2.75) is 71.6 Å². The molecule has 3 aliphatic rings. The van der Waals surface area contributed by atoms with Crippen molar-refractivity contribution in [3.8, 4) is 17.6 Å². The minimum Gasteiger partial charge on any atom is -0.493 e. The number of allylic oxidation sites excluding steroid dienone is 3. The minimum absolute atomic E-state index is 0.506. The molecule has 0 spiro atoms. The zero-order valence-electron chi connectivity index (χ0n) is 25.4. The van der Waals surface area contributed by atoms with Crippen LogP contribution < -0.4 is 9.46 Å². The number of ether oxygens (including phenoxy) is 2. The monoisotopic (exact) mass is 602 g/mol. The van der Waals surface area contributed by atoms with Crippen LogP contribution in [0.5, 0.6) is 5.75 Å². The van der Waals surface area contributed by atoms with Gasteiger partial charge in [-0.1, -0.05) is 30.9 Å². The van der Waals surface area contributed by atoms with E-state index in [1.807, 2.05) is 65.0 Å². The minimum atomic E-state index is -3.71. The molecule has 0 bridgehead atoms. The third-order valence-electron chi connectivity index (χ3n) is 7.83. The van der Waals surface area contributed by atoms with E-state index < -0.39 is 39.7 Å². The van der Waals surface area contributed by atoms with Gasteiger partial charge in [0, 0.05) is 18.5 Å². The van der Waals surface area contributed by atoms with Crippen molar-refractivity contribution < 1.29 is 27.8 Å². The predicted molar refractivity (Wildman–Crippen MR) is 168 cm³/mol. The van der Waals surface area contributed by atoms with E-state index in [1.54, 1.807) is 6.20 Å². The van der Waals surface area contributed by atoms with E-state index in [2.05, 4.69) is 27.6 Å². The molecule has 1 aromatic heterocycles. The number of aryl methyl sites for hydroxylation is 1. The van der Waals surface area contributed by atoms with E-state index in [-0.39, 0.29) is 0 Å². The number of nitrogens with zero attached hydrogens (tertiary/aromatic N) is 1. The van der Waals surface area contributed by atoms with E-state index in [4.69, 9.17) is 9.47 Å². The Labute approximate surface area is 254 Å². The van der Waals surface area contributed by atoms with E-state index in [1.165, 1.54) is 0 Å². The standard InChI is InChI=1S/C34H38N2O6S/c1-20-28(24-14-15-27-23(18-24)12-10-16-41-27)30(32(33(37)38)42-34(3,4)5)21(2)31(36-43(6,39)40)29(20)25-17-22-11-8-7-9-13-26(22)35-19-25/h9,13-15,17-19,21,31-32,36H,7,10,12,16H2,1-6H3,(H,37,38). The highest BCUT2D eigenvalue weighted by molar-refractivity contribution is 7.88. The number of sulfonamides is 1. The summed E-state index contributed by atoms with van der Waals surface area (Å²) < 4.78 is 40.5. The van der Waals surface area contributed by atoms with Crippen LogP contribution in [0, 0.1) is 17.8 Å². The number of hydrogen-bond donors (Lipinski definition) is 2. The van der Waals surface area contributed by atoms with Crippen molar-refractivity contribution in [1.82, 2.24) is 9.71 Å². The predicted octanol–water partition coefficient (Wildman–Crippen LogP) is 5.24. The van der Waals surface area contributed by atoms with Crippen molar-refractivity contribution in [3.05, 3.63) is 75.6 Å². The number of carboxylic acids is 1. The van der Waals surface area contributed by atoms with E-state index in [0.29, 0.717) is 18.6 Å². The largest absolute Gasteiger partial charge is 0.493 e. The zero-order valence-corrected chi connectivity index (χ0v) is 26.3. The number of carboxylic acid groups (broad SMARTS) is 1. The van der Waals surface area contributed by atoms with Gasteiger partial charge < -0.3 is 14.6 Å². The molecule has 43 heavy (non-hydrogen) atoms. The maximum absolute atomic E-state index is 12.9. The summed E-state index contributed by atoms with van der Waals surface area (Å²) in [5.41, 5.74) is 6.00. The lowest BCUT2D eigenvalue weighted by atomic mass is 9.71. The molecule has 1 aliphatic heterocycles. The molecular weight excluding hydrogens is 564 g/mol. The molecule has 0 saturated heterocycles. The van der Waals surface area contributed by atoms with Crippen LogP contribution in [0.4, 0.5) is 0 Å². The number of hydrogen-bond acceptors (Lipinski definition) is 6. The average molecular weight is 603 g/mol. The molecule has 1 aromatic carbocycles. The summed E-state index contributed by atoms with van der Waals surface area (Å²) in [5, 5.41) is 10.5. The Morgan fingerprint density at radius 2 is 2.00 bits per heavy atom. The molecule has 2 heterocycles. The van der Waals surface area contributed by atoms with Gasteiger partial charge in [0.05, 0.1) is 35.8 Å². The van der Waals surface area contributed by atoms with Crippen LogP contribution in [0.1, 0.15) is 75.4 Å². The van der Waals surface area contributed by atoms with Crippen LogP contribution >= 0.6 is 0 Å². The second-order valence-electron chi connectivity index (χ2n) is 12.3. The summed E-state index contributed by atoms with van der Waals surface area (Å²) in [5.74, 6) is 5.38. The Morgan fingerprint density at radius 1 is 1.23 bits per heavy atom. The molecule has 3 unspecified atom stereocenters. The molecule has 226 valence electrons. The number of benzene rings is 1. The van der Waals surface area contributed by atoms with E-state index in [9.17, 15) is 18.3 Å². The van der Waals surface area contributed by atoms with Crippen LogP contribution in [-0.4, -0.2) is 55.1 Å². The van der Waals surface area contributed by atoms with Crippen molar-refractivity contribution in [2.75, 3.05) is 12.9 Å². The normalized spacial score (nSPS) is 20.8. The topological polar surface area (TPSA) is 115 Å². The molecule has 2 N–H and O–H groups in total. The SMILES string of the molecule is CC1=C(c2cnc3c(c2)C#CCC=C3)C(NS(C)(=O)=O)C(C)C(C(OC(C)(C)C)C(=O)O)=C1c1ccc2c(c1)CCCO2. The van der Waals surface area contributed by atoms with Gasteiger partial charge in [0.15, 0.2) is 6.10 Å². The second-order valence-corrected chi connectivity index (χ2v) is 14.1. The van der Waals surface area contributed by atoms with E-state index in [0.717, 1.165) is 69.5 Å². The van der Waals surface area contributed by atoms with Gasteiger partial charge in [-0.05, 0) is 104 Å². The van der Waals surface area contributed by atoms with E-state index >= 15 is 0 Å². The number of pyridine rings is 1. The number of nitrogens with one attached hydrogen (secondary N) is 1. The molecule has 9 heteroatoms. The van der Waals surface area contributed by atoms with Crippen molar-refractivity contribution in [1.29, 1.82) is 0 Å². The first kappa shape index (κ1) is 30.7. The third kappa shape index (κ3) is 6.62. The lowest BCUT2D eigenvalue weighted by Gasteiger charge is -2.40. The Hall–Kier alpha value is -3.71. The summed E-state index contributed by atoms with van der Waals surface area (Å²) in [6.45, 7) is 9.85. The molecular formula is C34H38N2O6S. The number of fused-ring (bicyclic) bond motifs is 2. The fraction of sp³-hybridized carbons (Fsp3) is 0.412. The highest BCUT2D eigenvalue weighted by Crippen LogP contribution is 2.47. The molecule has 0 fully saturated rings. The van der Waals surface area contributed by atoms with Gasteiger partial charge in [-0.15, -0.1) is 0 Å². The van der Waals surface area contributed by atoms with Gasteiger partial charge in [0.2, 0.25) is 10.0 Å². The van der Waals surface area contributed by atoms with Crippen LogP contribution in [0.25, 0.3) is 17.2 Å². The highest BCUT2D eigenvalue weighted by Gasteiger charge is 2.43. The van der Waals surface area contributed by atoms with Crippen molar-refractivity contribution in [3.63, 3.8) is 0 Å². The smallest absolute Gasteiger partial charge is 0.337 e. The van der Waals surface area contributed by atoms with Crippen molar-refractivity contribution >= 4 is 33.2 Å². The quantitative estimate of drug-likeness (QED) is 0.417. The Bertz CT molecular complexity index is 1730. The highest BCUT2D eigenvalue weighted by atomic mass is 32.2. The van der Waals surface area contributed by atoms with Crippen LogP contribution in [-0.2, 0) is 26.0 Å². The molecule has 0 saturated carbocycles.